The molecule has 0 saturated carbocycles. The number of H-pyrrole nitrogens is 1. The van der Waals surface area contributed by atoms with Crippen molar-refractivity contribution in [1.29, 1.82) is 0 Å². The van der Waals surface area contributed by atoms with Crippen molar-refractivity contribution in [1.82, 2.24) is 19.5 Å². The van der Waals surface area contributed by atoms with E-state index in [1.54, 1.807) is 17.7 Å². The minimum Gasteiger partial charge on any atom is -0.497 e. The average Bonchev–Trinajstić information content (AvgIpc) is 2.76. The molecule has 0 amide bonds. The van der Waals surface area contributed by atoms with Crippen LogP contribution in [0.5, 0.6) is 5.75 Å². The number of aromatic nitrogens is 4. The fourth-order valence-corrected chi connectivity index (χ4v) is 3.72. The lowest BCUT2D eigenvalue weighted by Crippen LogP contribution is -2.29. The van der Waals surface area contributed by atoms with E-state index < -0.39 is 11.2 Å². The minimum absolute atomic E-state index is 0.0857. The SMILES string of the molecule is CCc1cc2c(cc1Cl)nc1c(=O)[nH]c(=O)nc-1n2CCOCc1ccc(OC)cc1. The summed E-state index contributed by atoms with van der Waals surface area (Å²) in [6, 6.07) is 11.3. The second kappa shape index (κ2) is 8.87. The van der Waals surface area contributed by atoms with Crippen molar-refractivity contribution in [3.63, 3.8) is 0 Å². The van der Waals surface area contributed by atoms with Gasteiger partial charge in [-0.3, -0.25) is 9.78 Å². The Labute approximate surface area is 182 Å². The van der Waals surface area contributed by atoms with E-state index in [0.717, 1.165) is 28.8 Å². The number of benzene rings is 2. The van der Waals surface area contributed by atoms with Crippen LogP contribution in [0.1, 0.15) is 18.1 Å². The van der Waals surface area contributed by atoms with Crippen molar-refractivity contribution in [3.05, 3.63) is 73.4 Å². The molecule has 2 aromatic carbocycles. The van der Waals surface area contributed by atoms with E-state index in [-0.39, 0.29) is 11.5 Å². The molecule has 160 valence electrons. The highest BCUT2D eigenvalue weighted by atomic mass is 35.5. The van der Waals surface area contributed by atoms with E-state index >= 15 is 0 Å². The van der Waals surface area contributed by atoms with Crippen LogP contribution in [-0.4, -0.2) is 33.2 Å². The third-order valence-electron chi connectivity index (χ3n) is 5.05. The lowest BCUT2D eigenvalue weighted by atomic mass is 10.1. The second-order valence-corrected chi connectivity index (χ2v) is 7.40. The maximum absolute atomic E-state index is 12.3. The summed E-state index contributed by atoms with van der Waals surface area (Å²) in [5, 5.41) is 0.578. The molecule has 0 spiro atoms. The molecule has 0 saturated heterocycles. The maximum atomic E-state index is 12.3. The number of methoxy groups -OCH3 is 1. The van der Waals surface area contributed by atoms with Gasteiger partial charge in [0.05, 0.1) is 31.4 Å². The van der Waals surface area contributed by atoms with Crippen molar-refractivity contribution in [2.24, 2.45) is 0 Å². The zero-order chi connectivity index (χ0) is 22.0. The van der Waals surface area contributed by atoms with Gasteiger partial charge in [0.1, 0.15) is 5.75 Å². The summed E-state index contributed by atoms with van der Waals surface area (Å²) in [7, 11) is 1.62. The third-order valence-corrected chi connectivity index (χ3v) is 5.40. The van der Waals surface area contributed by atoms with Gasteiger partial charge < -0.3 is 14.0 Å². The predicted octanol–water partition coefficient (Wildman–Crippen LogP) is 3.03. The van der Waals surface area contributed by atoms with Crippen molar-refractivity contribution < 1.29 is 9.47 Å². The van der Waals surface area contributed by atoms with Gasteiger partial charge in [-0.1, -0.05) is 30.7 Å². The lowest BCUT2D eigenvalue weighted by molar-refractivity contribution is 0.114. The first-order chi connectivity index (χ1) is 15.0. The van der Waals surface area contributed by atoms with Gasteiger partial charge in [0, 0.05) is 11.6 Å². The van der Waals surface area contributed by atoms with Gasteiger partial charge in [-0.2, -0.15) is 4.98 Å². The Morgan fingerprint density at radius 2 is 1.90 bits per heavy atom. The Kier molecular flexibility index (Phi) is 6.01. The highest BCUT2D eigenvalue weighted by Crippen LogP contribution is 2.27. The second-order valence-electron chi connectivity index (χ2n) is 6.99. The predicted molar refractivity (Wildman–Crippen MR) is 118 cm³/mol. The Morgan fingerprint density at radius 3 is 2.61 bits per heavy atom. The highest BCUT2D eigenvalue weighted by Gasteiger charge is 2.19. The van der Waals surface area contributed by atoms with E-state index in [1.807, 2.05) is 37.3 Å². The van der Waals surface area contributed by atoms with Crippen LogP contribution >= 0.6 is 11.6 Å². The number of fused-ring (bicyclic) bond motifs is 2. The Morgan fingerprint density at radius 1 is 1.13 bits per heavy atom. The smallest absolute Gasteiger partial charge is 0.349 e. The number of halogens is 1. The number of hydrogen-bond donors (Lipinski definition) is 1. The first-order valence-electron chi connectivity index (χ1n) is 9.84. The molecule has 1 N–H and O–H groups in total. The number of aryl methyl sites for hydroxylation is 1. The van der Waals surface area contributed by atoms with E-state index in [0.29, 0.717) is 30.3 Å². The van der Waals surface area contributed by atoms with Gasteiger partial charge in [0.2, 0.25) is 0 Å². The Bertz CT molecular complexity index is 1310. The van der Waals surface area contributed by atoms with Crippen molar-refractivity contribution >= 4 is 22.6 Å². The van der Waals surface area contributed by atoms with Crippen LogP contribution in [0, 0.1) is 0 Å². The molecule has 2 aliphatic rings. The van der Waals surface area contributed by atoms with Gasteiger partial charge in [-0.25, -0.2) is 9.78 Å². The van der Waals surface area contributed by atoms with Crippen molar-refractivity contribution in [3.8, 4) is 17.3 Å². The van der Waals surface area contributed by atoms with Gasteiger partial charge in [0.15, 0.2) is 11.5 Å². The molecule has 0 unspecified atom stereocenters. The monoisotopic (exact) mass is 440 g/mol. The molecule has 2 heterocycles. The summed E-state index contributed by atoms with van der Waals surface area (Å²) >= 11 is 6.35. The van der Waals surface area contributed by atoms with Crippen LogP contribution in [-0.2, 0) is 24.3 Å². The summed E-state index contributed by atoms with van der Waals surface area (Å²) in [6.07, 6.45) is 0.733. The molecule has 0 aliphatic carbocycles. The molecule has 8 nitrogen and oxygen atoms in total. The Hall–Kier alpha value is -3.23. The molecular formula is C22H21ClN4O4. The van der Waals surface area contributed by atoms with Gasteiger partial charge in [-0.05, 0) is 41.8 Å². The van der Waals surface area contributed by atoms with E-state index in [9.17, 15) is 9.59 Å². The number of nitrogens with one attached hydrogen (secondary N) is 1. The van der Waals surface area contributed by atoms with Gasteiger partial charge in [0.25, 0.3) is 5.56 Å². The van der Waals surface area contributed by atoms with Crippen LogP contribution in [0.15, 0.2) is 46.0 Å². The fraction of sp³-hybridized carbons (Fsp3) is 0.273. The molecular weight excluding hydrogens is 420 g/mol. The molecule has 0 fully saturated rings. The molecule has 0 radical (unpaired) electrons. The quantitative estimate of drug-likeness (QED) is 0.350. The zero-order valence-corrected chi connectivity index (χ0v) is 17.9. The van der Waals surface area contributed by atoms with Crippen LogP contribution in [0.25, 0.3) is 22.6 Å². The summed E-state index contributed by atoms with van der Waals surface area (Å²) < 4.78 is 12.8. The molecule has 31 heavy (non-hydrogen) atoms. The molecule has 4 rings (SSSR count). The first kappa shape index (κ1) is 21.0. The number of ether oxygens (including phenoxy) is 2. The molecule has 2 aromatic rings. The van der Waals surface area contributed by atoms with E-state index in [2.05, 4.69) is 15.0 Å². The number of rotatable bonds is 7. The fourth-order valence-electron chi connectivity index (χ4n) is 3.42. The van der Waals surface area contributed by atoms with Gasteiger partial charge >= 0.3 is 5.69 Å². The first-order valence-corrected chi connectivity index (χ1v) is 10.2. The molecule has 0 atom stereocenters. The van der Waals surface area contributed by atoms with Gasteiger partial charge in [-0.15, -0.1) is 0 Å². The minimum atomic E-state index is -0.712. The molecule has 9 heteroatoms. The van der Waals surface area contributed by atoms with Crippen molar-refractivity contribution in [2.75, 3.05) is 13.7 Å². The third kappa shape index (κ3) is 4.30. The lowest BCUT2D eigenvalue weighted by Gasteiger charge is -2.18. The highest BCUT2D eigenvalue weighted by molar-refractivity contribution is 6.32. The number of nitrogens with zero attached hydrogens (tertiary/aromatic N) is 3. The van der Waals surface area contributed by atoms with E-state index in [1.165, 1.54) is 0 Å². The summed E-state index contributed by atoms with van der Waals surface area (Å²) in [5.41, 5.74) is 2.02. The normalized spacial score (nSPS) is 11.3. The van der Waals surface area contributed by atoms with E-state index in [4.69, 9.17) is 21.1 Å². The number of aromatic amines is 1. The van der Waals surface area contributed by atoms with Crippen molar-refractivity contribution in [2.45, 2.75) is 26.5 Å². The van der Waals surface area contributed by atoms with Crippen LogP contribution < -0.4 is 16.0 Å². The Balaban J connectivity index is 1.67. The molecule has 0 aromatic heterocycles. The van der Waals surface area contributed by atoms with Crippen LogP contribution in [0.4, 0.5) is 0 Å². The molecule has 2 aliphatic heterocycles. The number of hydrogen-bond acceptors (Lipinski definition) is 6. The topological polar surface area (TPSA) is 99.1 Å². The standard InChI is InChI=1S/C22H21ClN4O4/c1-3-14-10-18-17(11-16(14)23)24-19-20(25-22(29)26-21(19)28)27(18)8-9-31-12-13-4-6-15(30-2)7-5-13/h4-7,10-11H,3,8-9,12H2,1-2H3,(H,26,28,29). The summed E-state index contributed by atoms with van der Waals surface area (Å²) in [5.74, 6) is 1.00. The largest absolute Gasteiger partial charge is 0.497 e. The summed E-state index contributed by atoms with van der Waals surface area (Å²) in [6.45, 7) is 3.14. The van der Waals surface area contributed by atoms with Crippen LogP contribution in [0.3, 0.4) is 0 Å². The molecule has 0 bridgehead atoms. The maximum Gasteiger partial charge on any atom is 0.349 e. The summed E-state index contributed by atoms with van der Waals surface area (Å²) in [4.78, 5) is 34.8. The van der Waals surface area contributed by atoms with Crippen LogP contribution in [0.2, 0.25) is 5.02 Å². The average molecular weight is 441 g/mol. The zero-order valence-electron chi connectivity index (χ0n) is 17.1.